The molecule has 0 bridgehead atoms. The third-order valence-electron chi connectivity index (χ3n) is 2.93. The van der Waals surface area contributed by atoms with E-state index in [1.807, 2.05) is 30.3 Å². The monoisotopic (exact) mass is 293 g/mol. The SMILES string of the molecule is CCOC(=O)CN(Cc1ccccc1)C(=O)CCCOC. The van der Waals surface area contributed by atoms with E-state index < -0.39 is 0 Å². The van der Waals surface area contributed by atoms with E-state index in [0.717, 1.165) is 5.56 Å². The Morgan fingerprint density at radius 3 is 2.52 bits per heavy atom. The third kappa shape index (κ3) is 6.90. The summed E-state index contributed by atoms with van der Waals surface area (Å²) in [5, 5.41) is 0. The minimum absolute atomic E-state index is 0.0193. The van der Waals surface area contributed by atoms with Gasteiger partial charge < -0.3 is 14.4 Å². The normalized spacial score (nSPS) is 10.2. The molecule has 116 valence electrons. The van der Waals surface area contributed by atoms with E-state index in [1.165, 1.54) is 4.90 Å². The Labute approximate surface area is 125 Å². The molecule has 0 aliphatic carbocycles. The van der Waals surface area contributed by atoms with Crippen LogP contribution in [0.2, 0.25) is 0 Å². The van der Waals surface area contributed by atoms with Gasteiger partial charge in [0.05, 0.1) is 6.61 Å². The van der Waals surface area contributed by atoms with Crippen LogP contribution in [-0.2, 0) is 25.6 Å². The topological polar surface area (TPSA) is 55.8 Å². The second kappa shape index (κ2) is 9.94. The molecule has 0 saturated heterocycles. The third-order valence-corrected chi connectivity index (χ3v) is 2.93. The second-order valence-electron chi connectivity index (χ2n) is 4.64. The van der Waals surface area contributed by atoms with Gasteiger partial charge in [-0.15, -0.1) is 0 Å². The van der Waals surface area contributed by atoms with Crippen molar-refractivity contribution in [3.05, 3.63) is 35.9 Å². The van der Waals surface area contributed by atoms with Crippen LogP contribution < -0.4 is 0 Å². The van der Waals surface area contributed by atoms with Gasteiger partial charge in [-0.1, -0.05) is 30.3 Å². The van der Waals surface area contributed by atoms with Crippen molar-refractivity contribution in [2.45, 2.75) is 26.3 Å². The van der Waals surface area contributed by atoms with E-state index >= 15 is 0 Å². The molecular weight excluding hydrogens is 270 g/mol. The highest BCUT2D eigenvalue weighted by Gasteiger charge is 2.17. The molecule has 0 atom stereocenters. The minimum atomic E-state index is -0.381. The van der Waals surface area contributed by atoms with Crippen molar-refractivity contribution in [1.82, 2.24) is 4.90 Å². The number of ether oxygens (including phenoxy) is 2. The number of amides is 1. The maximum atomic E-state index is 12.2. The highest BCUT2D eigenvalue weighted by molar-refractivity contribution is 5.82. The summed E-state index contributed by atoms with van der Waals surface area (Å²) in [5.41, 5.74) is 0.988. The molecule has 0 spiro atoms. The first kappa shape index (κ1) is 17.2. The van der Waals surface area contributed by atoms with E-state index in [0.29, 0.717) is 32.6 Å². The van der Waals surface area contributed by atoms with Gasteiger partial charge in [-0.3, -0.25) is 9.59 Å². The van der Waals surface area contributed by atoms with Gasteiger partial charge >= 0.3 is 5.97 Å². The van der Waals surface area contributed by atoms with Crippen molar-refractivity contribution < 1.29 is 19.1 Å². The lowest BCUT2D eigenvalue weighted by atomic mass is 10.2. The maximum absolute atomic E-state index is 12.2. The van der Waals surface area contributed by atoms with Crippen molar-refractivity contribution in [2.75, 3.05) is 26.9 Å². The van der Waals surface area contributed by atoms with Crippen LogP contribution in [0.4, 0.5) is 0 Å². The standard InChI is InChI=1S/C16H23NO4/c1-3-21-16(19)13-17(15(18)10-7-11-20-2)12-14-8-5-4-6-9-14/h4-6,8-9H,3,7,10-13H2,1-2H3. The first-order valence-corrected chi connectivity index (χ1v) is 7.13. The molecule has 21 heavy (non-hydrogen) atoms. The number of esters is 1. The van der Waals surface area contributed by atoms with Gasteiger partial charge in [0.15, 0.2) is 0 Å². The summed E-state index contributed by atoms with van der Waals surface area (Å²) in [6.07, 6.45) is 1.00. The fourth-order valence-corrected chi connectivity index (χ4v) is 1.92. The number of benzene rings is 1. The molecule has 0 aliphatic heterocycles. The van der Waals surface area contributed by atoms with Crippen LogP contribution in [0.5, 0.6) is 0 Å². The molecule has 0 radical (unpaired) electrons. The molecule has 0 aromatic heterocycles. The van der Waals surface area contributed by atoms with Crippen LogP contribution in [0.1, 0.15) is 25.3 Å². The van der Waals surface area contributed by atoms with Gasteiger partial charge in [0.2, 0.25) is 5.91 Å². The average Bonchev–Trinajstić information content (AvgIpc) is 2.48. The summed E-state index contributed by atoms with van der Waals surface area (Å²) in [6.45, 7) is 2.99. The Morgan fingerprint density at radius 2 is 1.90 bits per heavy atom. The molecule has 0 saturated carbocycles. The molecule has 0 fully saturated rings. The fraction of sp³-hybridized carbons (Fsp3) is 0.500. The molecular formula is C16H23NO4. The van der Waals surface area contributed by atoms with Crippen molar-refractivity contribution in [3.8, 4) is 0 Å². The summed E-state index contributed by atoms with van der Waals surface area (Å²) in [5.74, 6) is -0.447. The smallest absolute Gasteiger partial charge is 0.325 e. The molecule has 0 heterocycles. The lowest BCUT2D eigenvalue weighted by molar-refractivity contribution is -0.149. The summed E-state index contributed by atoms with van der Waals surface area (Å²) in [4.78, 5) is 25.4. The number of nitrogens with zero attached hydrogens (tertiary/aromatic N) is 1. The molecule has 5 nitrogen and oxygen atoms in total. The van der Waals surface area contributed by atoms with Gasteiger partial charge in [0, 0.05) is 26.7 Å². The highest BCUT2D eigenvalue weighted by Crippen LogP contribution is 2.07. The Balaban J connectivity index is 2.64. The Morgan fingerprint density at radius 1 is 1.19 bits per heavy atom. The van der Waals surface area contributed by atoms with Crippen molar-refractivity contribution in [3.63, 3.8) is 0 Å². The molecule has 1 amide bonds. The largest absolute Gasteiger partial charge is 0.465 e. The van der Waals surface area contributed by atoms with Gasteiger partial charge in [-0.2, -0.15) is 0 Å². The van der Waals surface area contributed by atoms with Crippen LogP contribution >= 0.6 is 0 Å². The minimum Gasteiger partial charge on any atom is -0.465 e. The number of hydrogen-bond acceptors (Lipinski definition) is 4. The van der Waals surface area contributed by atoms with Gasteiger partial charge in [0.25, 0.3) is 0 Å². The predicted octanol–water partition coefficient (Wildman–Crippen LogP) is 2.00. The van der Waals surface area contributed by atoms with Crippen molar-refractivity contribution in [1.29, 1.82) is 0 Å². The fourth-order valence-electron chi connectivity index (χ4n) is 1.92. The van der Waals surface area contributed by atoms with Gasteiger partial charge in [-0.25, -0.2) is 0 Å². The molecule has 1 aromatic carbocycles. The van der Waals surface area contributed by atoms with Crippen molar-refractivity contribution in [2.24, 2.45) is 0 Å². The number of methoxy groups -OCH3 is 1. The van der Waals surface area contributed by atoms with Gasteiger partial charge in [-0.05, 0) is 18.9 Å². The quantitative estimate of drug-likeness (QED) is 0.516. The molecule has 1 rings (SSSR count). The van der Waals surface area contributed by atoms with E-state index in [2.05, 4.69) is 0 Å². The van der Waals surface area contributed by atoms with E-state index in [-0.39, 0.29) is 18.4 Å². The highest BCUT2D eigenvalue weighted by atomic mass is 16.5. The Hall–Kier alpha value is -1.88. The maximum Gasteiger partial charge on any atom is 0.325 e. The number of carbonyl (C=O) groups is 2. The summed E-state index contributed by atoms with van der Waals surface area (Å²) < 4.78 is 9.88. The molecule has 0 N–H and O–H groups in total. The zero-order valence-corrected chi connectivity index (χ0v) is 12.7. The molecule has 0 unspecified atom stereocenters. The van der Waals surface area contributed by atoms with E-state index in [4.69, 9.17) is 9.47 Å². The van der Waals surface area contributed by atoms with E-state index in [1.54, 1.807) is 14.0 Å². The zero-order valence-electron chi connectivity index (χ0n) is 12.7. The van der Waals surface area contributed by atoms with Crippen LogP contribution in [0.15, 0.2) is 30.3 Å². The van der Waals surface area contributed by atoms with Crippen LogP contribution in [0.3, 0.4) is 0 Å². The van der Waals surface area contributed by atoms with Gasteiger partial charge in [0.1, 0.15) is 6.54 Å². The predicted molar refractivity (Wildman–Crippen MR) is 79.6 cm³/mol. The lowest BCUT2D eigenvalue weighted by Gasteiger charge is -2.22. The summed E-state index contributed by atoms with van der Waals surface area (Å²) in [6, 6.07) is 9.60. The Bertz CT molecular complexity index is 433. The molecule has 0 aliphatic rings. The lowest BCUT2D eigenvalue weighted by Crippen LogP contribution is -2.36. The molecule has 5 heteroatoms. The van der Waals surface area contributed by atoms with Crippen molar-refractivity contribution >= 4 is 11.9 Å². The van der Waals surface area contributed by atoms with Crippen LogP contribution in [0.25, 0.3) is 0 Å². The number of hydrogen-bond donors (Lipinski definition) is 0. The summed E-state index contributed by atoms with van der Waals surface area (Å²) >= 11 is 0. The van der Waals surface area contributed by atoms with Crippen LogP contribution in [0, 0.1) is 0 Å². The summed E-state index contributed by atoms with van der Waals surface area (Å²) in [7, 11) is 1.60. The van der Waals surface area contributed by atoms with Crippen LogP contribution in [-0.4, -0.2) is 43.6 Å². The number of carbonyl (C=O) groups excluding carboxylic acids is 2. The second-order valence-corrected chi connectivity index (χ2v) is 4.64. The van der Waals surface area contributed by atoms with E-state index in [9.17, 15) is 9.59 Å². The molecule has 1 aromatic rings. The Kier molecular flexibility index (Phi) is 8.12. The average molecular weight is 293 g/mol. The first-order chi connectivity index (χ1) is 10.2. The number of rotatable bonds is 9. The first-order valence-electron chi connectivity index (χ1n) is 7.13. The zero-order chi connectivity index (χ0) is 15.5.